The van der Waals surface area contributed by atoms with Crippen LogP contribution in [0, 0.1) is 5.92 Å². The number of hydrogen-bond donors (Lipinski definition) is 1. The summed E-state index contributed by atoms with van der Waals surface area (Å²) >= 11 is 1.96. The van der Waals surface area contributed by atoms with Gasteiger partial charge in [0, 0.05) is 18.2 Å². The van der Waals surface area contributed by atoms with E-state index in [9.17, 15) is 5.11 Å². The van der Waals surface area contributed by atoms with Crippen LogP contribution in [0.5, 0.6) is 0 Å². The molecule has 1 aliphatic heterocycles. The van der Waals surface area contributed by atoms with E-state index in [1.165, 1.54) is 0 Å². The molecule has 0 aliphatic carbocycles. The van der Waals surface area contributed by atoms with Crippen molar-refractivity contribution in [3.63, 3.8) is 0 Å². The Morgan fingerprint density at radius 1 is 1.35 bits per heavy atom. The van der Waals surface area contributed by atoms with Crippen molar-refractivity contribution < 1.29 is 5.11 Å². The first-order chi connectivity index (χ1) is 8.13. The summed E-state index contributed by atoms with van der Waals surface area (Å²) in [7, 11) is 4.15. The number of aliphatic hydroxyl groups is 1. The molecule has 17 heavy (non-hydrogen) atoms. The highest BCUT2D eigenvalue weighted by molar-refractivity contribution is 7.99. The van der Waals surface area contributed by atoms with Gasteiger partial charge in [0.1, 0.15) is 0 Å². The van der Waals surface area contributed by atoms with Crippen LogP contribution < -0.4 is 0 Å². The van der Waals surface area contributed by atoms with E-state index in [-0.39, 0.29) is 0 Å². The average molecular weight is 251 g/mol. The molecule has 0 radical (unpaired) electrons. The maximum absolute atomic E-state index is 11.0. The fourth-order valence-electron chi connectivity index (χ4n) is 2.55. The SMILES string of the molecule is CN(C)C[C@H]1CSCC[C@@]1(O)c1ccccc1. The Kier molecular flexibility index (Phi) is 4.13. The minimum Gasteiger partial charge on any atom is -0.385 e. The van der Waals surface area contributed by atoms with Crippen LogP contribution in [0.15, 0.2) is 30.3 Å². The second-order valence-corrected chi connectivity index (χ2v) is 6.22. The van der Waals surface area contributed by atoms with Gasteiger partial charge in [-0.1, -0.05) is 30.3 Å². The fourth-order valence-corrected chi connectivity index (χ4v) is 3.83. The van der Waals surface area contributed by atoms with Crippen molar-refractivity contribution >= 4 is 11.8 Å². The molecule has 1 N–H and O–H groups in total. The Bertz CT molecular complexity index is 354. The molecule has 1 aromatic carbocycles. The Morgan fingerprint density at radius 2 is 2.06 bits per heavy atom. The van der Waals surface area contributed by atoms with Crippen molar-refractivity contribution in [3.05, 3.63) is 35.9 Å². The number of benzene rings is 1. The van der Waals surface area contributed by atoms with Crippen molar-refractivity contribution in [3.8, 4) is 0 Å². The van der Waals surface area contributed by atoms with Gasteiger partial charge in [-0.3, -0.25) is 0 Å². The highest BCUT2D eigenvalue weighted by Gasteiger charge is 2.40. The normalized spacial score (nSPS) is 29.5. The molecule has 1 saturated heterocycles. The lowest BCUT2D eigenvalue weighted by atomic mass is 9.79. The second kappa shape index (κ2) is 5.42. The van der Waals surface area contributed by atoms with Crippen LogP contribution >= 0.6 is 11.8 Å². The lowest BCUT2D eigenvalue weighted by molar-refractivity contribution is -0.0293. The van der Waals surface area contributed by atoms with Crippen molar-refractivity contribution in [2.45, 2.75) is 12.0 Å². The van der Waals surface area contributed by atoms with Crippen molar-refractivity contribution in [1.82, 2.24) is 4.90 Å². The molecule has 2 atom stereocenters. The zero-order chi connectivity index (χ0) is 12.3. The number of nitrogens with zero attached hydrogens (tertiary/aromatic N) is 1. The van der Waals surface area contributed by atoms with Gasteiger partial charge in [0.15, 0.2) is 0 Å². The summed E-state index contributed by atoms with van der Waals surface area (Å²) in [4.78, 5) is 2.17. The first kappa shape index (κ1) is 12.9. The quantitative estimate of drug-likeness (QED) is 0.891. The minimum absolute atomic E-state index is 0.318. The summed E-state index contributed by atoms with van der Waals surface area (Å²) in [5, 5.41) is 11.0. The van der Waals surface area contributed by atoms with Crippen molar-refractivity contribution in [2.24, 2.45) is 5.92 Å². The maximum atomic E-state index is 11.0. The summed E-state index contributed by atoms with van der Waals surface area (Å²) in [5.74, 6) is 2.41. The van der Waals surface area contributed by atoms with Crippen LogP contribution in [0.1, 0.15) is 12.0 Å². The Labute approximate surface area is 108 Å². The van der Waals surface area contributed by atoms with Crippen molar-refractivity contribution in [1.29, 1.82) is 0 Å². The molecule has 0 aromatic heterocycles. The summed E-state index contributed by atoms with van der Waals surface area (Å²) in [6, 6.07) is 10.1. The Balaban J connectivity index is 2.25. The van der Waals surface area contributed by atoms with Crippen LogP contribution in [0.2, 0.25) is 0 Å². The van der Waals surface area contributed by atoms with E-state index >= 15 is 0 Å². The van der Waals surface area contributed by atoms with Crippen molar-refractivity contribution in [2.75, 3.05) is 32.1 Å². The molecule has 0 unspecified atom stereocenters. The predicted molar refractivity (Wildman–Crippen MR) is 74.3 cm³/mol. The molecule has 0 saturated carbocycles. The van der Waals surface area contributed by atoms with Gasteiger partial charge >= 0.3 is 0 Å². The number of hydrogen-bond acceptors (Lipinski definition) is 3. The molecule has 3 heteroatoms. The molecule has 0 spiro atoms. The van der Waals surface area contributed by atoms with E-state index in [1.807, 2.05) is 30.0 Å². The van der Waals surface area contributed by atoms with Crippen LogP contribution in [0.4, 0.5) is 0 Å². The van der Waals surface area contributed by atoms with Gasteiger partial charge in [-0.25, -0.2) is 0 Å². The maximum Gasteiger partial charge on any atom is 0.0952 e. The first-order valence-electron chi connectivity index (χ1n) is 6.13. The third kappa shape index (κ3) is 2.84. The van der Waals surface area contributed by atoms with E-state index in [2.05, 4.69) is 31.1 Å². The molecule has 1 heterocycles. The molecule has 1 aromatic rings. The van der Waals surface area contributed by atoms with Gasteiger partial charge in [0.25, 0.3) is 0 Å². The van der Waals surface area contributed by atoms with Gasteiger partial charge in [0.05, 0.1) is 5.60 Å². The molecular formula is C14H21NOS. The van der Waals surface area contributed by atoms with E-state index in [4.69, 9.17) is 0 Å². The second-order valence-electron chi connectivity index (χ2n) is 5.07. The van der Waals surface area contributed by atoms with E-state index < -0.39 is 5.60 Å². The zero-order valence-corrected chi connectivity index (χ0v) is 11.4. The standard InChI is InChI=1S/C14H21NOS/c1-15(2)10-13-11-17-9-8-14(13,16)12-6-4-3-5-7-12/h3-7,13,16H,8-11H2,1-2H3/t13-,14+/m0/s1. The molecule has 94 valence electrons. The van der Waals surface area contributed by atoms with Crippen LogP contribution in [-0.4, -0.2) is 42.2 Å². The summed E-state index contributed by atoms with van der Waals surface area (Å²) in [6.45, 7) is 0.943. The van der Waals surface area contributed by atoms with E-state index in [0.717, 1.165) is 30.0 Å². The monoisotopic (exact) mass is 251 g/mol. The Hall–Kier alpha value is -0.510. The molecule has 0 bridgehead atoms. The molecule has 1 aliphatic rings. The molecular weight excluding hydrogens is 230 g/mol. The molecule has 1 fully saturated rings. The smallest absolute Gasteiger partial charge is 0.0952 e. The van der Waals surface area contributed by atoms with Gasteiger partial charge in [-0.15, -0.1) is 0 Å². The largest absolute Gasteiger partial charge is 0.385 e. The summed E-state index contributed by atoms with van der Waals surface area (Å²) in [6.07, 6.45) is 0.861. The first-order valence-corrected chi connectivity index (χ1v) is 7.29. The van der Waals surface area contributed by atoms with Crippen LogP contribution in [-0.2, 0) is 5.60 Å². The van der Waals surface area contributed by atoms with E-state index in [1.54, 1.807) is 0 Å². The lowest BCUT2D eigenvalue weighted by Crippen LogP contribution is -2.45. The molecule has 0 amide bonds. The summed E-state index contributed by atoms with van der Waals surface area (Å²) < 4.78 is 0. The molecule has 2 nitrogen and oxygen atoms in total. The summed E-state index contributed by atoms with van der Waals surface area (Å²) in [5.41, 5.74) is 0.434. The topological polar surface area (TPSA) is 23.5 Å². The number of rotatable bonds is 3. The lowest BCUT2D eigenvalue weighted by Gasteiger charge is -2.41. The predicted octanol–water partition coefficient (Wildman–Crippen LogP) is 2.19. The van der Waals surface area contributed by atoms with E-state index in [0.29, 0.717) is 5.92 Å². The number of thioether (sulfide) groups is 1. The zero-order valence-electron chi connectivity index (χ0n) is 10.6. The van der Waals surface area contributed by atoms with Crippen LogP contribution in [0.3, 0.4) is 0 Å². The van der Waals surface area contributed by atoms with Gasteiger partial charge in [-0.05, 0) is 31.8 Å². The Morgan fingerprint density at radius 3 is 2.71 bits per heavy atom. The fraction of sp³-hybridized carbons (Fsp3) is 0.571. The van der Waals surface area contributed by atoms with Crippen LogP contribution in [0.25, 0.3) is 0 Å². The van der Waals surface area contributed by atoms with Gasteiger partial charge in [0.2, 0.25) is 0 Å². The minimum atomic E-state index is -0.642. The molecule has 2 rings (SSSR count). The highest BCUT2D eigenvalue weighted by Crippen LogP contribution is 2.40. The van der Waals surface area contributed by atoms with Gasteiger partial charge in [-0.2, -0.15) is 11.8 Å². The third-order valence-corrected chi connectivity index (χ3v) is 4.61. The average Bonchev–Trinajstić information content (AvgIpc) is 2.33. The van der Waals surface area contributed by atoms with Gasteiger partial charge < -0.3 is 10.0 Å². The third-order valence-electron chi connectivity index (χ3n) is 3.48. The highest BCUT2D eigenvalue weighted by atomic mass is 32.2.